The number of nitrogens with zero attached hydrogens (tertiary/aromatic N) is 8. The molecule has 0 unspecified atom stereocenters. The number of halogens is 6. The Bertz CT molecular complexity index is 2220. The molecule has 18 heteroatoms. The molecule has 2 saturated heterocycles. The van der Waals surface area contributed by atoms with Gasteiger partial charge in [0, 0.05) is 87.5 Å². The van der Waals surface area contributed by atoms with Crippen molar-refractivity contribution >= 4 is 58.4 Å². The molecule has 2 amide bonds. The minimum atomic E-state index is -3.04. The number of ether oxygens (including phenoxy) is 2. The molecule has 344 valence electrons. The third-order valence-electron chi connectivity index (χ3n) is 12.0. The molecule has 2 fully saturated rings. The third-order valence-corrected chi connectivity index (χ3v) is 12.4. The zero-order valence-corrected chi connectivity index (χ0v) is 38.8. The van der Waals surface area contributed by atoms with Crippen molar-refractivity contribution in [2.75, 3.05) is 49.1 Å². The number of piperidine rings is 2. The van der Waals surface area contributed by atoms with E-state index in [1.165, 1.54) is 12.1 Å². The molecule has 0 N–H and O–H groups in total. The SMILES string of the molecule is CC(C)(C)OC(=O)N1CCC2(CC1)CN(c1cccc(C(C)(F)F)n1)c1cc(Cl)ncc12.CC(C)(C)OC(=O)N1CCC2(CC1)CN(c1cccc(C(C)(F)F)n1)c1cc(Cl)ncc12. The number of aromatic nitrogens is 4. The first-order valence-electron chi connectivity index (χ1n) is 21.3. The second kappa shape index (κ2) is 17.1. The summed E-state index contributed by atoms with van der Waals surface area (Å²) in [6.45, 7) is 16.0. The number of pyridine rings is 4. The van der Waals surface area contributed by atoms with Gasteiger partial charge in [0.25, 0.3) is 11.8 Å². The minimum Gasteiger partial charge on any atom is -0.444 e. The summed E-state index contributed by atoms with van der Waals surface area (Å²) in [6, 6.07) is 12.8. The molecule has 2 spiro atoms. The molecule has 0 saturated carbocycles. The fourth-order valence-electron chi connectivity index (χ4n) is 8.84. The van der Waals surface area contributed by atoms with Crippen molar-refractivity contribution in [2.24, 2.45) is 0 Å². The Morgan fingerprint density at radius 1 is 0.594 bits per heavy atom. The molecule has 4 aromatic rings. The maximum atomic E-state index is 13.9. The maximum Gasteiger partial charge on any atom is 0.410 e. The van der Waals surface area contributed by atoms with Crippen molar-refractivity contribution < 1.29 is 36.6 Å². The van der Waals surface area contributed by atoms with E-state index in [2.05, 4.69) is 19.9 Å². The Labute approximate surface area is 381 Å². The number of hydrogen-bond acceptors (Lipinski definition) is 10. The lowest BCUT2D eigenvalue weighted by atomic mass is 9.75. The Hall–Kier alpha value is -4.96. The van der Waals surface area contributed by atoms with Crippen LogP contribution in [0.2, 0.25) is 10.3 Å². The molecular formula is C46H54Cl2F4N8O4. The Kier molecular flexibility index (Phi) is 12.6. The zero-order valence-electron chi connectivity index (χ0n) is 37.3. The van der Waals surface area contributed by atoms with Gasteiger partial charge in [-0.05, 0) is 104 Å². The highest BCUT2D eigenvalue weighted by molar-refractivity contribution is 6.30. The second-order valence-corrected chi connectivity index (χ2v) is 20.0. The number of hydrogen-bond donors (Lipinski definition) is 0. The van der Waals surface area contributed by atoms with Gasteiger partial charge in [-0.1, -0.05) is 35.3 Å². The molecule has 8 rings (SSSR count). The van der Waals surface area contributed by atoms with Crippen LogP contribution >= 0.6 is 23.2 Å². The van der Waals surface area contributed by atoms with Crippen molar-refractivity contribution in [3.63, 3.8) is 0 Å². The van der Waals surface area contributed by atoms with Crippen LogP contribution in [-0.4, -0.2) is 92.4 Å². The van der Waals surface area contributed by atoms with Gasteiger partial charge in [0.2, 0.25) is 0 Å². The topological polar surface area (TPSA) is 117 Å². The number of amides is 2. The molecule has 12 nitrogen and oxygen atoms in total. The van der Waals surface area contributed by atoms with Gasteiger partial charge in [-0.15, -0.1) is 0 Å². The smallest absolute Gasteiger partial charge is 0.410 e. The summed E-state index contributed by atoms with van der Waals surface area (Å²) in [7, 11) is 0. The van der Waals surface area contributed by atoms with Crippen LogP contribution in [0.5, 0.6) is 0 Å². The van der Waals surface area contributed by atoms with Gasteiger partial charge >= 0.3 is 12.2 Å². The lowest BCUT2D eigenvalue weighted by Gasteiger charge is -2.40. The highest BCUT2D eigenvalue weighted by atomic mass is 35.5. The standard InChI is InChI=1S/2C23H27ClF2N4O2/c2*1-21(2,3)32-20(31)29-10-8-23(9-11-29)14-30(16-12-18(24)27-13-15(16)23)19-7-5-6-17(28-19)22(4,25)26/h2*5-7,12-13H,8-11,14H2,1-4H3. The molecule has 4 aliphatic heterocycles. The highest BCUT2D eigenvalue weighted by Crippen LogP contribution is 2.51. The summed E-state index contributed by atoms with van der Waals surface area (Å²) < 4.78 is 66.6. The van der Waals surface area contributed by atoms with Gasteiger partial charge in [0.05, 0.1) is 11.4 Å². The van der Waals surface area contributed by atoms with Crippen LogP contribution in [0.15, 0.2) is 60.9 Å². The number of carbonyl (C=O) groups is 2. The summed E-state index contributed by atoms with van der Waals surface area (Å²) in [5, 5.41) is 0.655. The van der Waals surface area contributed by atoms with Gasteiger partial charge in [0.1, 0.15) is 44.5 Å². The normalized spacial score (nSPS) is 18.1. The summed E-state index contributed by atoms with van der Waals surface area (Å²) in [6.07, 6.45) is 5.67. The monoisotopic (exact) mass is 928 g/mol. The third kappa shape index (κ3) is 10.1. The van der Waals surface area contributed by atoms with Crippen LogP contribution in [0.25, 0.3) is 0 Å². The first-order chi connectivity index (χ1) is 29.8. The largest absolute Gasteiger partial charge is 0.444 e. The van der Waals surface area contributed by atoms with Crippen molar-refractivity contribution in [1.29, 1.82) is 0 Å². The fourth-order valence-corrected chi connectivity index (χ4v) is 9.14. The number of anilines is 4. The van der Waals surface area contributed by atoms with Gasteiger partial charge < -0.3 is 29.1 Å². The van der Waals surface area contributed by atoms with Crippen LogP contribution in [0, 0.1) is 0 Å². The first kappa shape index (κ1) is 47.0. The molecule has 4 aliphatic rings. The number of fused-ring (bicyclic) bond motifs is 4. The summed E-state index contributed by atoms with van der Waals surface area (Å²) in [5.41, 5.74) is 1.41. The molecular weight excluding hydrogens is 875 g/mol. The van der Waals surface area contributed by atoms with E-state index in [0.29, 0.717) is 86.9 Å². The van der Waals surface area contributed by atoms with Crippen LogP contribution < -0.4 is 9.80 Å². The van der Waals surface area contributed by atoms with Gasteiger partial charge in [-0.2, -0.15) is 17.6 Å². The van der Waals surface area contributed by atoms with Crippen molar-refractivity contribution in [2.45, 2.75) is 115 Å². The minimum absolute atomic E-state index is 0.280. The molecule has 4 aromatic heterocycles. The van der Waals surface area contributed by atoms with Gasteiger partial charge in [-0.3, -0.25) is 0 Å². The number of carbonyl (C=O) groups excluding carboxylic acids is 2. The maximum absolute atomic E-state index is 13.9. The summed E-state index contributed by atoms with van der Waals surface area (Å²) in [5.74, 6) is -5.19. The Balaban J connectivity index is 0.000000191. The van der Waals surface area contributed by atoms with Crippen LogP contribution in [-0.2, 0) is 32.1 Å². The Morgan fingerprint density at radius 3 is 1.25 bits per heavy atom. The molecule has 0 bridgehead atoms. The summed E-state index contributed by atoms with van der Waals surface area (Å²) >= 11 is 12.4. The quantitative estimate of drug-likeness (QED) is 0.145. The van der Waals surface area contributed by atoms with E-state index >= 15 is 0 Å². The molecule has 0 aliphatic carbocycles. The van der Waals surface area contributed by atoms with E-state index in [1.54, 1.807) is 58.6 Å². The Morgan fingerprint density at radius 2 is 0.938 bits per heavy atom. The van der Waals surface area contributed by atoms with E-state index in [-0.39, 0.29) is 34.4 Å². The van der Waals surface area contributed by atoms with Crippen LogP contribution in [0.1, 0.15) is 104 Å². The van der Waals surface area contributed by atoms with Crippen LogP contribution in [0.3, 0.4) is 0 Å². The van der Waals surface area contributed by atoms with E-state index in [4.69, 9.17) is 32.7 Å². The molecule has 0 atom stereocenters. The lowest BCUT2D eigenvalue weighted by molar-refractivity contribution is 0.0122. The molecule has 8 heterocycles. The molecule has 0 aromatic carbocycles. The second-order valence-electron chi connectivity index (χ2n) is 19.3. The first-order valence-corrected chi connectivity index (χ1v) is 22.1. The average Bonchev–Trinajstić information content (AvgIpc) is 3.68. The number of likely N-dealkylation sites (tertiary alicyclic amines) is 2. The van der Waals surface area contributed by atoms with E-state index < -0.39 is 23.0 Å². The molecule has 64 heavy (non-hydrogen) atoms. The predicted molar refractivity (Wildman–Crippen MR) is 238 cm³/mol. The molecule has 0 radical (unpaired) electrons. The average molecular weight is 930 g/mol. The highest BCUT2D eigenvalue weighted by Gasteiger charge is 2.49. The van der Waals surface area contributed by atoms with Crippen molar-refractivity contribution in [1.82, 2.24) is 29.7 Å². The van der Waals surface area contributed by atoms with Gasteiger partial charge in [-0.25, -0.2) is 29.5 Å². The van der Waals surface area contributed by atoms with Crippen LogP contribution in [0.4, 0.5) is 50.2 Å². The predicted octanol–water partition coefficient (Wildman–Crippen LogP) is 11.3. The van der Waals surface area contributed by atoms with E-state index in [9.17, 15) is 27.2 Å². The number of alkyl halides is 4. The lowest BCUT2D eigenvalue weighted by Crippen LogP contribution is -2.48. The number of rotatable bonds is 4. The van der Waals surface area contributed by atoms with Crippen molar-refractivity contribution in [3.05, 3.63) is 93.7 Å². The zero-order chi connectivity index (χ0) is 46.6. The van der Waals surface area contributed by atoms with E-state index in [0.717, 1.165) is 36.3 Å². The van der Waals surface area contributed by atoms with E-state index in [1.807, 2.05) is 51.3 Å². The fraction of sp³-hybridized carbons (Fsp3) is 0.522. The van der Waals surface area contributed by atoms with Gasteiger partial charge in [0.15, 0.2) is 0 Å². The van der Waals surface area contributed by atoms with Crippen molar-refractivity contribution in [3.8, 4) is 0 Å². The summed E-state index contributed by atoms with van der Waals surface area (Å²) in [4.78, 5) is 49.4.